The lowest BCUT2D eigenvalue weighted by molar-refractivity contribution is -0.133. The van der Waals surface area contributed by atoms with Crippen LogP contribution in [0, 0.1) is 0 Å². The molecule has 40 heavy (non-hydrogen) atoms. The maximum Gasteiger partial charge on any atom is 0.245 e. The molecular weight excluding hydrogens is 518 g/mol. The highest BCUT2D eigenvalue weighted by Crippen LogP contribution is 2.12. The lowest BCUT2D eigenvalue weighted by Crippen LogP contribution is -2.55. The monoisotopic (exact) mass is 571 g/mol. The van der Waals surface area contributed by atoms with Crippen molar-refractivity contribution in [3.63, 3.8) is 0 Å². The third-order valence-corrected chi connectivity index (χ3v) is 6.54. The summed E-state index contributed by atoms with van der Waals surface area (Å²) in [4.78, 5) is 60.1. The molecular formula is C28H53N5O7. The SMILES string of the molecule is CCCCCCCCCCCCCCCC(=O)NCC(=O)N[C@@H](CO)C(=O)NCC(=O)N[C@H](C(=O)NC)[C@H](C)O. The molecule has 0 aliphatic heterocycles. The Morgan fingerprint density at radius 2 is 1.12 bits per heavy atom. The summed E-state index contributed by atoms with van der Waals surface area (Å²) in [7, 11) is 1.35. The van der Waals surface area contributed by atoms with Gasteiger partial charge in [0.15, 0.2) is 0 Å². The normalized spacial score (nSPS) is 13.0. The van der Waals surface area contributed by atoms with Crippen molar-refractivity contribution in [2.45, 2.75) is 122 Å². The topological polar surface area (TPSA) is 186 Å². The average Bonchev–Trinajstić information content (AvgIpc) is 2.93. The summed E-state index contributed by atoms with van der Waals surface area (Å²) in [6, 6.07) is -2.53. The van der Waals surface area contributed by atoms with Gasteiger partial charge in [0.2, 0.25) is 29.5 Å². The van der Waals surface area contributed by atoms with E-state index < -0.39 is 55.0 Å². The van der Waals surface area contributed by atoms with E-state index in [9.17, 15) is 34.2 Å². The molecule has 0 saturated carbocycles. The number of aliphatic hydroxyl groups is 2. The van der Waals surface area contributed by atoms with Crippen molar-refractivity contribution in [2.75, 3.05) is 26.7 Å². The van der Waals surface area contributed by atoms with Gasteiger partial charge in [0.25, 0.3) is 0 Å². The summed E-state index contributed by atoms with van der Waals surface area (Å²) >= 11 is 0. The highest BCUT2D eigenvalue weighted by Gasteiger charge is 2.25. The van der Waals surface area contributed by atoms with Crippen LogP contribution in [0.25, 0.3) is 0 Å². The fourth-order valence-corrected chi connectivity index (χ4v) is 4.09. The summed E-state index contributed by atoms with van der Waals surface area (Å²) in [6.45, 7) is 1.95. The lowest BCUT2D eigenvalue weighted by atomic mass is 10.0. The number of carbonyl (C=O) groups is 5. The Kier molecular flexibility index (Phi) is 22.5. The van der Waals surface area contributed by atoms with Gasteiger partial charge in [-0.2, -0.15) is 0 Å². The van der Waals surface area contributed by atoms with Crippen molar-refractivity contribution >= 4 is 29.5 Å². The zero-order valence-corrected chi connectivity index (χ0v) is 24.7. The van der Waals surface area contributed by atoms with E-state index in [0.29, 0.717) is 6.42 Å². The minimum atomic E-state index is -1.33. The summed E-state index contributed by atoms with van der Waals surface area (Å²) in [6.07, 6.45) is 14.9. The van der Waals surface area contributed by atoms with Gasteiger partial charge in [-0.25, -0.2) is 0 Å². The quantitative estimate of drug-likeness (QED) is 0.0834. The van der Waals surface area contributed by atoms with Gasteiger partial charge in [-0.15, -0.1) is 0 Å². The van der Waals surface area contributed by atoms with E-state index >= 15 is 0 Å². The third-order valence-electron chi connectivity index (χ3n) is 6.54. The molecule has 0 aromatic rings. The highest BCUT2D eigenvalue weighted by molar-refractivity contribution is 5.93. The number of rotatable bonds is 24. The minimum absolute atomic E-state index is 0.260. The van der Waals surface area contributed by atoms with Crippen LogP contribution in [0.3, 0.4) is 0 Å². The molecule has 12 nitrogen and oxygen atoms in total. The van der Waals surface area contributed by atoms with E-state index in [1.807, 2.05) is 0 Å². The van der Waals surface area contributed by atoms with Crippen molar-refractivity contribution in [1.82, 2.24) is 26.6 Å². The Balaban J connectivity index is 4.01. The Bertz CT molecular complexity index is 749. The van der Waals surface area contributed by atoms with E-state index in [0.717, 1.165) is 19.3 Å². The number of carbonyl (C=O) groups excluding carboxylic acids is 5. The van der Waals surface area contributed by atoms with Gasteiger partial charge in [-0.3, -0.25) is 24.0 Å². The van der Waals surface area contributed by atoms with Crippen LogP contribution < -0.4 is 26.6 Å². The van der Waals surface area contributed by atoms with Crippen LogP contribution >= 0.6 is 0 Å². The van der Waals surface area contributed by atoms with Crippen LogP contribution in [-0.2, 0) is 24.0 Å². The van der Waals surface area contributed by atoms with Crippen LogP contribution in [-0.4, -0.2) is 84.7 Å². The van der Waals surface area contributed by atoms with Crippen molar-refractivity contribution in [1.29, 1.82) is 0 Å². The molecule has 0 aliphatic carbocycles. The third kappa shape index (κ3) is 19.3. The summed E-state index contributed by atoms with van der Waals surface area (Å²) in [5.74, 6) is -3.09. The predicted molar refractivity (Wildman–Crippen MR) is 153 cm³/mol. The number of nitrogens with one attached hydrogen (secondary N) is 5. The first-order valence-electron chi connectivity index (χ1n) is 14.8. The Morgan fingerprint density at radius 1 is 0.650 bits per heavy atom. The van der Waals surface area contributed by atoms with Gasteiger partial charge < -0.3 is 36.8 Å². The fourth-order valence-electron chi connectivity index (χ4n) is 4.09. The molecule has 0 bridgehead atoms. The largest absolute Gasteiger partial charge is 0.394 e. The van der Waals surface area contributed by atoms with E-state index in [2.05, 4.69) is 33.5 Å². The molecule has 0 heterocycles. The maximum atomic E-state index is 12.2. The molecule has 5 amide bonds. The molecule has 0 unspecified atom stereocenters. The summed E-state index contributed by atoms with van der Waals surface area (Å²) in [5, 5.41) is 30.7. The van der Waals surface area contributed by atoms with Crippen molar-refractivity contribution in [3.8, 4) is 0 Å². The molecule has 3 atom stereocenters. The van der Waals surface area contributed by atoms with E-state index in [-0.39, 0.29) is 12.5 Å². The highest BCUT2D eigenvalue weighted by atomic mass is 16.3. The number of hydrogen-bond acceptors (Lipinski definition) is 7. The van der Waals surface area contributed by atoms with Crippen LogP contribution in [0.4, 0.5) is 0 Å². The molecule has 7 N–H and O–H groups in total. The second-order valence-corrected chi connectivity index (χ2v) is 10.2. The van der Waals surface area contributed by atoms with Crippen molar-refractivity contribution in [2.24, 2.45) is 0 Å². The lowest BCUT2D eigenvalue weighted by Gasteiger charge is -2.20. The van der Waals surface area contributed by atoms with Crippen LogP contribution in [0.15, 0.2) is 0 Å². The van der Waals surface area contributed by atoms with Gasteiger partial charge in [0, 0.05) is 13.5 Å². The zero-order chi connectivity index (χ0) is 30.2. The minimum Gasteiger partial charge on any atom is -0.394 e. The van der Waals surface area contributed by atoms with Crippen LogP contribution in [0.1, 0.15) is 104 Å². The fraction of sp³-hybridized carbons (Fsp3) is 0.821. The molecule has 0 rings (SSSR count). The molecule has 0 saturated heterocycles. The number of hydrogen-bond donors (Lipinski definition) is 7. The standard InChI is InChI=1S/C28H53N5O7/c1-4-5-6-7-8-9-10-11-12-13-14-15-16-17-23(36)30-18-24(37)32-22(20-34)27(39)31-19-25(38)33-26(21(2)35)28(40)29-3/h21-22,26,34-35H,4-20H2,1-3H3,(H,29,40)(H,30,36)(H,31,39)(H,32,37)(H,33,38)/t21-,22-,26-/m0/s1. The first-order chi connectivity index (χ1) is 19.2. The van der Waals surface area contributed by atoms with Gasteiger partial charge in [-0.05, 0) is 13.3 Å². The van der Waals surface area contributed by atoms with Crippen LogP contribution in [0.5, 0.6) is 0 Å². The molecule has 0 spiro atoms. The molecule has 0 aromatic carbocycles. The zero-order valence-electron chi connectivity index (χ0n) is 24.7. The van der Waals surface area contributed by atoms with E-state index in [1.165, 1.54) is 78.2 Å². The smallest absolute Gasteiger partial charge is 0.245 e. The second-order valence-electron chi connectivity index (χ2n) is 10.2. The molecule has 0 radical (unpaired) electrons. The van der Waals surface area contributed by atoms with Gasteiger partial charge in [0.05, 0.1) is 25.8 Å². The van der Waals surface area contributed by atoms with Gasteiger partial charge in [-0.1, -0.05) is 84.0 Å². The Morgan fingerprint density at radius 3 is 1.60 bits per heavy atom. The summed E-state index contributed by atoms with van der Waals surface area (Å²) in [5.41, 5.74) is 0. The number of unbranched alkanes of at least 4 members (excludes halogenated alkanes) is 12. The maximum absolute atomic E-state index is 12.2. The number of amides is 5. The first kappa shape index (κ1) is 37.3. The molecule has 12 heteroatoms. The number of aliphatic hydroxyl groups excluding tert-OH is 2. The van der Waals surface area contributed by atoms with Crippen LogP contribution in [0.2, 0.25) is 0 Å². The molecule has 0 aromatic heterocycles. The van der Waals surface area contributed by atoms with Crippen molar-refractivity contribution < 1.29 is 34.2 Å². The van der Waals surface area contributed by atoms with E-state index in [1.54, 1.807) is 0 Å². The summed E-state index contributed by atoms with van der Waals surface area (Å²) < 4.78 is 0. The van der Waals surface area contributed by atoms with Crippen molar-refractivity contribution in [3.05, 3.63) is 0 Å². The average molecular weight is 572 g/mol. The number of likely N-dealkylation sites (N-methyl/N-ethyl adjacent to an activating group) is 1. The first-order valence-corrected chi connectivity index (χ1v) is 14.8. The second kappa shape index (κ2) is 24.1. The van der Waals surface area contributed by atoms with Gasteiger partial charge >= 0.3 is 0 Å². The predicted octanol–water partition coefficient (Wildman–Crippen LogP) is 0.789. The van der Waals surface area contributed by atoms with Gasteiger partial charge in [0.1, 0.15) is 12.1 Å². The molecule has 232 valence electrons. The van der Waals surface area contributed by atoms with E-state index in [4.69, 9.17) is 0 Å². The molecule has 0 aliphatic rings. The Labute approximate surface area is 239 Å². The Hall–Kier alpha value is -2.73. The molecule has 0 fully saturated rings.